The van der Waals surface area contributed by atoms with E-state index in [2.05, 4.69) is 27.3 Å². The molecule has 0 radical (unpaired) electrons. The number of rotatable bonds is 8. The number of pyridine rings is 1. The Morgan fingerprint density at radius 3 is 2.08 bits per heavy atom. The second-order valence-electron chi connectivity index (χ2n) is 7.65. The molecule has 8 heteroatoms. The molecular formula is C28H22BrN3O3S. The van der Waals surface area contributed by atoms with Crippen molar-refractivity contribution >= 4 is 39.3 Å². The lowest BCUT2D eigenvalue weighted by molar-refractivity contribution is -0.113. The van der Waals surface area contributed by atoms with Gasteiger partial charge in [-0.3, -0.25) is 4.79 Å². The smallest absolute Gasteiger partial charge is 0.234 e. The second kappa shape index (κ2) is 11.8. The molecule has 1 amide bonds. The van der Waals surface area contributed by atoms with E-state index >= 15 is 0 Å². The Hall–Kier alpha value is -3.80. The monoisotopic (exact) mass is 559 g/mol. The van der Waals surface area contributed by atoms with E-state index in [-0.39, 0.29) is 11.7 Å². The lowest BCUT2D eigenvalue weighted by atomic mass is 9.99. The first-order chi connectivity index (χ1) is 17.5. The molecule has 0 bridgehead atoms. The van der Waals surface area contributed by atoms with E-state index in [0.29, 0.717) is 22.0 Å². The van der Waals surface area contributed by atoms with Crippen LogP contribution in [0.25, 0.3) is 22.4 Å². The van der Waals surface area contributed by atoms with E-state index in [1.165, 1.54) is 11.8 Å². The molecule has 0 saturated heterocycles. The van der Waals surface area contributed by atoms with Crippen molar-refractivity contribution < 1.29 is 14.3 Å². The SMILES string of the molecule is COc1ccc(-c2cc(-c3ccc(OC)cc3)c(C#N)c(SCC(=O)Nc3ccc(Br)cc3)n2)cc1. The number of amides is 1. The Morgan fingerprint density at radius 2 is 1.53 bits per heavy atom. The summed E-state index contributed by atoms with van der Waals surface area (Å²) in [6.07, 6.45) is 0. The minimum Gasteiger partial charge on any atom is -0.497 e. The van der Waals surface area contributed by atoms with Gasteiger partial charge in [0.15, 0.2) is 0 Å². The number of carbonyl (C=O) groups excluding carboxylic acids is 1. The zero-order valence-electron chi connectivity index (χ0n) is 19.6. The Balaban J connectivity index is 1.69. The van der Waals surface area contributed by atoms with Crippen LogP contribution in [-0.4, -0.2) is 30.9 Å². The van der Waals surface area contributed by atoms with E-state index in [0.717, 1.165) is 32.7 Å². The maximum Gasteiger partial charge on any atom is 0.234 e. The minimum absolute atomic E-state index is 0.103. The molecule has 4 rings (SSSR count). The number of carbonyl (C=O) groups is 1. The van der Waals surface area contributed by atoms with Gasteiger partial charge in [-0.15, -0.1) is 0 Å². The maximum absolute atomic E-state index is 12.6. The molecule has 0 aliphatic heterocycles. The first-order valence-corrected chi connectivity index (χ1v) is 12.7. The van der Waals surface area contributed by atoms with Crippen LogP contribution in [0.5, 0.6) is 11.5 Å². The number of nitrogens with zero attached hydrogens (tertiary/aromatic N) is 2. The number of hydrogen-bond acceptors (Lipinski definition) is 6. The molecule has 1 heterocycles. The molecule has 1 N–H and O–H groups in total. The van der Waals surface area contributed by atoms with Crippen LogP contribution >= 0.6 is 27.7 Å². The number of methoxy groups -OCH3 is 2. The number of ether oxygens (including phenoxy) is 2. The van der Waals surface area contributed by atoms with Gasteiger partial charge in [-0.2, -0.15) is 5.26 Å². The standard InChI is InChI=1S/C28H22BrN3O3S/c1-34-22-11-3-18(4-12-22)24-15-26(19-5-13-23(35-2)14-6-19)32-28(25(24)16-30)36-17-27(33)31-21-9-7-20(29)8-10-21/h3-15H,17H2,1-2H3,(H,31,33). The van der Waals surface area contributed by atoms with Crippen molar-refractivity contribution in [2.75, 3.05) is 25.3 Å². The van der Waals surface area contributed by atoms with Gasteiger partial charge >= 0.3 is 0 Å². The fraction of sp³-hybridized carbons (Fsp3) is 0.107. The summed E-state index contributed by atoms with van der Waals surface area (Å²) in [5.74, 6) is 1.38. The van der Waals surface area contributed by atoms with Crippen molar-refractivity contribution in [2.24, 2.45) is 0 Å². The van der Waals surface area contributed by atoms with Crippen LogP contribution in [-0.2, 0) is 4.79 Å². The van der Waals surface area contributed by atoms with Gasteiger partial charge < -0.3 is 14.8 Å². The summed E-state index contributed by atoms with van der Waals surface area (Å²) in [5, 5.41) is 13.4. The molecule has 0 atom stereocenters. The summed E-state index contributed by atoms with van der Waals surface area (Å²) >= 11 is 4.62. The molecule has 0 aliphatic rings. The lowest BCUT2D eigenvalue weighted by Crippen LogP contribution is -2.14. The van der Waals surface area contributed by atoms with Crippen molar-refractivity contribution in [1.82, 2.24) is 4.98 Å². The van der Waals surface area contributed by atoms with Crippen LogP contribution in [0.4, 0.5) is 5.69 Å². The predicted octanol–water partition coefficient (Wildman–Crippen LogP) is 6.80. The van der Waals surface area contributed by atoms with Crippen LogP contribution in [0.15, 0.2) is 88.4 Å². The number of nitrogens with one attached hydrogen (secondary N) is 1. The molecule has 0 fully saturated rings. The van der Waals surface area contributed by atoms with Crippen LogP contribution < -0.4 is 14.8 Å². The van der Waals surface area contributed by atoms with Crippen molar-refractivity contribution in [3.63, 3.8) is 0 Å². The summed E-state index contributed by atoms with van der Waals surface area (Å²) in [4.78, 5) is 17.4. The average Bonchev–Trinajstić information content (AvgIpc) is 2.92. The highest BCUT2D eigenvalue weighted by molar-refractivity contribution is 9.10. The second-order valence-corrected chi connectivity index (χ2v) is 9.53. The third kappa shape index (κ3) is 6.06. The van der Waals surface area contributed by atoms with Gasteiger partial charge in [0.2, 0.25) is 5.91 Å². The lowest BCUT2D eigenvalue weighted by Gasteiger charge is -2.13. The highest BCUT2D eigenvalue weighted by Crippen LogP contribution is 2.35. The zero-order valence-corrected chi connectivity index (χ0v) is 22.0. The number of halogens is 1. The molecule has 0 saturated carbocycles. The quantitative estimate of drug-likeness (QED) is 0.239. The Morgan fingerprint density at radius 1 is 0.944 bits per heavy atom. The van der Waals surface area contributed by atoms with E-state index < -0.39 is 0 Å². The molecule has 0 spiro atoms. The van der Waals surface area contributed by atoms with Crippen molar-refractivity contribution in [3.05, 3.63) is 88.9 Å². The first kappa shape index (κ1) is 25.3. The largest absolute Gasteiger partial charge is 0.497 e. The van der Waals surface area contributed by atoms with Gasteiger partial charge in [-0.05, 0) is 72.3 Å². The third-order valence-electron chi connectivity index (χ3n) is 5.35. The fourth-order valence-corrected chi connectivity index (χ4v) is 4.57. The van der Waals surface area contributed by atoms with Crippen LogP contribution in [0.2, 0.25) is 0 Å². The van der Waals surface area contributed by atoms with Crippen LogP contribution in [0, 0.1) is 11.3 Å². The van der Waals surface area contributed by atoms with Gasteiger partial charge in [-0.1, -0.05) is 39.8 Å². The summed E-state index contributed by atoms with van der Waals surface area (Å²) in [6, 6.07) is 26.6. The van der Waals surface area contributed by atoms with Gasteiger partial charge in [-0.25, -0.2) is 4.98 Å². The summed E-state index contributed by atoms with van der Waals surface area (Å²) in [6.45, 7) is 0. The van der Waals surface area contributed by atoms with Crippen molar-refractivity contribution in [2.45, 2.75) is 5.03 Å². The number of hydrogen-bond donors (Lipinski definition) is 1. The maximum atomic E-state index is 12.6. The van der Waals surface area contributed by atoms with Crippen LogP contribution in [0.1, 0.15) is 5.56 Å². The summed E-state index contributed by atoms with van der Waals surface area (Å²) in [5.41, 5.74) is 4.26. The van der Waals surface area contributed by atoms with Crippen molar-refractivity contribution in [3.8, 4) is 40.0 Å². The van der Waals surface area contributed by atoms with E-state index in [1.807, 2.05) is 78.9 Å². The van der Waals surface area contributed by atoms with Gasteiger partial charge in [0.1, 0.15) is 22.6 Å². The molecule has 1 aromatic heterocycles. The van der Waals surface area contributed by atoms with E-state index in [9.17, 15) is 10.1 Å². The number of benzene rings is 3. The molecular weight excluding hydrogens is 538 g/mol. The molecule has 180 valence electrons. The summed E-state index contributed by atoms with van der Waals surface area (Å²) < 4.78 is 11.5. The molecule has 0 unspecified atom stereocenters. The molecule has 4 aromatic rings. The zero-order chi connectivity index (χ0) is 25.5. The number of aromatic nitrogens is 1. The average molecular weight is 560 g/mol. The van der Waals surface area contributed by atoms with Gasteiger partial charge in [0.25, 0.3) is 0 Å². The highest BCUT2D eigenvalue weighted by atomic mass is 79.9. The third-order valence-corrected chi connectivity index (χ3v) is 6.86. The number of thioether (sulfide) groups is 1. The Labute approximate surface area is 222 Å². The fourth-order valence-electron chi connectivity index (χ4n) is 3.51. The van der Waals surface area contributed by atoms with Gasteiger partial charge in [0.05, 0.1) is 31.2 Å². The Bertz CT molecular complexity index is 1400. The van der Waals surface area contributed by atoms with Crippen molar-refractivity contribution in [1.29, 1.82) is 5.26 Å². The van der Waals surface area contributed by atoms with Gasteiger partial charge in [0, 0.05) is 21.3 Å². The predicted molar refractivity (Wildman–Crippen MR) is 146 cm³/mol. The first-order valence-electron chi connectivity index (χ1n) is 10.9. The number of anilines is 1. The Kier molecular flexibility index (Phi) is 8.26. The normalized spacial score (nSPS) is 10.4. The van der Waals surface area contributed by atoms with Crippen LogP contribution in [0.3, 0.4) is 0 Å². The topological polar surface area (TPSA) is 84.2 Å². The van der Waals surface area contributed by atoms with E-state index in [4.69, 9.17) is 14.5 Å². The molecule has 36 heavy (non-hydrogen) atoms. The molecule has 0 aliphatic carbocycles. The number of nitriles is 1. The molecule has 6 nitrogen and oxygen atoms in total. The summed E-state index contributed by atoms with van der Waals surface area (Å²) in [7, 11) is 3.23. The highest BCUT2D eigenvalue weighted by Gasteiger charge is 2.17. The minimum atomic E-state index is -0.186. The van der Waals surface area contributed by atoms with E-state index in [1.54, 1.807) is 14.2 Å². The molecule has 3 aromatic carbocycles.